The highest BCUT2D eigenvalue weighted by Crippen LogP contribution is 2.04. The Hall–Kier alpha value is -2.24. The van der Waals surface area contributed by atoms with Crippen LogP contribution in [0.4, 0.5) is 0 Å². The molecular formula is C11H14N2O4. The molecule has 0 spiro atoms. The van der Waals surface area contributed by atoms with Crippen LogP contribution in [0.1, 0.15) is 12.8 Å². The topological polar surface area (TPSA) is 88.3 Å². The number of amides is 1. The average molecular weight is 238 g/mol. The summed E-state index contributed by atoms with van der Waals surface area (Å²) in [4.78, 5) is 27.6. The number of aliphatic imine (C=N–C) groups is 2. The molecule has 0 unspecified atom stereocenters. The Bertz CT molecular complexity index is 370. The second-order valence-corrected chi connectivity index (χ2v) is 2.85. The van der Waals surface area contributed by atoms with Gasteiger partial charge in [0.2, 0.25) is 12.3 Å². The molecule has 0 aliphatic rings. The first-order valence-corrected chi connectivity index (χ1v) is 4.75. The lowest BCUT2D eigenvalue weighted by atomic mass is 10.2. The van der Waals surface area contributed by atoms with Crippen molar-refractivity contribution in [3.8, 4) is 0 Å². The fourth-order valence-electron chi connectivity index (χ4n) is 0.978. The second kappa shape index (κ2) is 9.02. The molecule has 0 fully saturated rings. The summed E-state index contributed by atoms with van der Waals surface area (Å²) in [6.45, 7) is 3.28. The van der Waals surface area contributed by atoms with Crippen LogP contribution in [0, 0.1) is 0 Å². The SMILES string of the molecule is C=N/C=C(/C=C/CCC(=O)O)C(=NC=O)OC. The number of ether oxygens (including phenoxy) is 1. The highest BCUT2D eigenvalue weighted by atomic mass is 16.5. The van der Waals surface area contributed by atoms with Crippen LogP contribution in [0.5, 0.6) is 0 Å². The van der Waals surface area contributed by atoms with Gasteiger partial charge >= 0.3 is 5.97 Å². The molecule has 92 valence electrons. The largest absolute Gasteiger partial charge is 0.481 e. The zero-order chi connectivity index (χ0) is 13.1. The molecule has 0 rings (SSSR count). The van der Waals surface area contributed by atoms with Crippen LogP contribution < -0.4 is 0 Å². The van der Waals surface area contributed by atoms with Gasteiger partial charge in [-0.2, -0.15) is 4.99 Å². The molecule has 0 heterocycles. The number of carboxylic acid groups (broad SMARTS) is 1. The Morgan fingerprint density at radius 3 is 2.71 bits per heavy atom. The number of hydrogen-bond donors (Lipinski definition) is 1. The van der Waals surface area contributed by atoms with Crippen molar-refractivity contribution in [2.75, 3.05) is 7.11 Å². The normalized spacial score (nSPS) is 12.5. The maximum Gasteiger partial charge on any atom is 0.303 e. The minimum atomic E-state index is -0.879. The number of methoxy groups -OCH3 is 1. The average Bonchev–Trinajstić information content (AvgIpc) is 2.30. The fraction of sp³-hybridized carbons (Fsp3) is 0.273. The quantitative estimate of drug-likeness (QED) is 0.312. The van der Waals surface area contributed by atoms with Crippen LogP contribution in [-0.2, 0) is 14.3 Å². The maximum absolute atomic E-state index is 10.3. The van der Waals surface area contributed by atoms with E-state index in [1.807, 2.05) is 0 Å². The zero-order valence-electron chi connectivity index (χ0n) is 9.50. The van der Waals surface area contributed by atoms with Gasteiger partial charge in [-0.05, 0) is 13.1 Å². The van der Waals surface area contributed by atoms with Gasteiger partial charge in [-0.1, -0.05) is 12.2 Å². The minimum Gasteiger partial charge on any atom is -0.481 e. The lowest BCUT2D eigenvalue weighted by Crippen LogP contribution is -2.04. The van der Waals surface area contributed by atoms with Crippen LogP contribution >= 0.6 is 0 Å². The first kappa shape index (κ1) is 14.8. The van der Waals surface area contributed by atoms with Crippen LogP contribution in [-0.4, -0.2) is 37.2 Å². The number of carboxylic acids is 1. The van der Waals surface area contributed by atoms with Gasteiger partial charge < -0.3 is 9.84 Å². The maximum atomic E-state index is 10.3. The highest BCUT2D eigenvalue weighted by Gasteiger charge is 2.03. The summed E-state index contributed by atoms with van der Waals surface area (Å²) in [6.07, 6.45) is 5.30. The molecule has 0 aromatic rings. The standard InChI is InChI=1S/C11H14N2O4/c1-12-7-9(11(17-2)13-8-14)5-3-4-6-10(15)16/h3,5,7-8H,1,4,6H2,2H3,(H,15,16)/b5-3+,9-7-,13-11?. The third-order valence-corrected chi connectivity index (χ3v) is 1.66. The summed E-state index contributed by atoms with van der Waals surface area (Å²) in [5, 5.41) is 8.45. The van der Waals surface area contributed by atoms with Gasteiger partial charge in [0, 0.05) is 12.6 Å². The van der Waals surface area contributed by atoms with E-state index in [-0.39, 0.29) is 12.3 Å². The molecule has 0 aliphatic carbocycles. The summed E-state index contributed by atoms with van der Waals surface area (Å²) in [7, 11) is 1.37. The molecule has 1 N–H and O–H groups in total. The number of aliphatic carboxylic acids is 1. The number of allylic oxidation sites excluding steroid dienone is 1. The van der Waals surface area contributed by atoms with E-state index in [1.54, 1.807) is 12.2 Å². The fourth-order valence-corrected chi connectivity index (χ4v) is 0.978. The van der Waals surface area contributed by atoms with Crippen molar-refractivity contribution in [1.29, 1.82) is 0 Å². The number of carbonyl (C=O) groups excluding carboxylic acids is 1. The Balaban J connectivity index is 4.70. The van der Waals surface area contributed by atoms with E-state index in [0.29, 0.717) is 18.4 Å². The summed E-state index contributed by atoms with van der Waals surface area (Å²) in [5.74, 6) is -0.783. The number of nitrogens with zero attached hydrogens (tertiary/aromatic N) is 2. The summed E-state index contributed by atoms with van der Waals surface area (Å²) >= 11 is 0. The van der Waals surface area contributed by atoms with E-state index in [4.69, 9.17) is 9.84 Å². The van der Waals surface area contributed by atoms with E-state index in [1.165, 1.54) is 13.3 Å². The number of hydrogen-bond acceptors (Lipinski definition) is 4. The van der Waals surface area contributed by atoms with Gasteiger partial charge in [0.25, 0.3) is 0 Å². The number of rotatable bonds is 7. The molecule has 17 heavy (non-hydrogen) atoms. The Morgan fingerprint density at radius 1 is 1.53 bits per heavy atom. The minimum absolute atomic E-state index is 0.0262. The van der Waals surface area contributed by atoms with E-state index >= 15 is 0 Å². The molecule has 0 atom stereocenters. The molecule has 6 heteroatoms. The lowest BCUT2D eigenvalue weighted by Gasteiger charge is -2.02. The Morgan fingerprint density at radius 2 is 2.24 bits per heavy atom. The van der Waals surface area contributed by atoms with E-state index < -0.39 is 5.97 Å². The van der Waals surface area contributed by atoms with E-state index in [9.17, 15) is 9.59 Å². The van der Waals surface area contributed by atoms with Gasteiger partial charge in [-0.25, -0.2) is 0 Å². The predicted octanol–water partition coefficient (Wildman–Crippen LogP) is 1.19. The Labute approximate surface area is 99.0 Å². The van der Waals surface area contributed by atoms with Gasteiger partial charge in [-0.15, -0.1) is 0 Å². The zero-order valence-corrected chi connectivity index (χ0v) is 9.50. The van der Waals surface area contributed by atoms with Crippen LogP contribution in [0.15, 0.2) is 33.9 Å². The molecule has 0 aliphatic heterocycles. The van der Waals surface area contributed by atoms with Crippen LogP contribution in [0.25, 0.3) is 0 Å². The first-order chi connectivity index (χ1) is 8.15. The van der Waals surface area contributed by atoms with Crippen LogP contribution in [0.2, 0.25) is 0 Å². The summed E-state index contributed by atoms with van der Waals surface area (Å²) in [5.41, 5.74) is 0.444. The molecular weight excluding hydrogens is 224 g/mol. The molecule has 1 amide bonds. The molecule has 0 radical (unpaired) electrons. The van der Waals surface area contributed by atoms with Gasteiger partial charge in [-0.3, -0.25) is 14.6 Å². The molecule has 0 saturated carbocycles. The van der Waals surface area contributed by atoms with Gasteiger partial charge in [0.15, 0.2) is 0 Å². The van der Waals surface area contributed by atoms with Crippen molar-refractivity contribution in [2.45, 2.75) is 12.8 Å². The third-order valence-electron chi connectivity index (χ3n) is 1.66. The van der Waals surface area contributed by atoms with E-state index in [2.05, 4.69) is 16.7 Å². The van der Waals surface area contributed by atoms with Crippen molar-refractivity contribution < 1.29 is 19.4 Å². The van der Waals surface area contributed by atoms with Crippen LogP contribution in [0.3, 0.4) is 0 Å². The van der Waals surface area contributed by atoms with Crippen molar-refractivity contribution >= 4 is 25.0 Å². The molecule has 6 nitrogen and oxygen atoms in total. The summed E-state index contributed by atoms with van der Waals surface area (Å²) in [6, 6.07) is 0. The molecule has 0 aromatic carbocycles. The molecule has 0 aromatic heterocycles. The first-order valence-electron chi connectivity index (χ1n) is 4.75. The number of carbonyl (C=O) groups is 2. The Kier molecular flexibility index (Phi) is 7.83. The van der Waals surface area contributed by atoms with E-state index in [0.717, 1.165) is 0 Å². The van der Waals surface area contributed by atoms with Gasteiger partial charge in [0.05, 0.1) is 12.7 Å². The smallest absolute Gasteiger partial charge is 0.303 e. The van der Waals surface area contributed by atoms with Gasteiger partial charge in [0.1, 0.15) is 0 Å². The van der Waals surface area contributed by atoms with Crippen molar-refractivity contribution in [3.05, 3.63) is 23.9 Å². The summed E-state index contributed by atoms with van der Waals surface area (Å²) < 4.78 is 4.88. The monoisotopic (exact) mass is 238 g/mol. The van der Waals surface area contributed by atoms with Crippen molar-refractivity contribution in [3.63, 3.8) is 0 Å². The van der Waals surface area contributed by atoms with Crippen molar-refractivity contribution in [2.24, 2.45) is 9.98 Å². The third kappa shape index (κ3) is 6.77. The predicted molar refractivity (Wildman–Crippen MR) is 64.1 cm³/mol. The van der Waals surface area contributed by atoms with Crippen molar-refractivity contribution in [1.82, 2.24) is 0 Å². The molecule has 0 bridgehead atoms. The lowest BCUT2D eigenvalue weighted by molar-refractivity contribution is -0.136. The molecule has 0 saturated heterocycles. The highest BCUT2D eigenvalue weighted by molar-refractivity contribution is 5.99. The second-order valence-electron chi connectivity index (χ2n) is 2.85.